The molecule has 0 amide bonds. The summed E-state index contributed by atoms with van der Waals surface area (Å²) in [5, 5.41) is 26.8. The van der Waals surface area contributed by atoms with Crippen molar-refractivity contribution < 1.29 is 0 Å². The van der Waals surface area contributed by atoms with Gasteiger partial charge in [-0.15, -0.1) is 15.3 Å². The topological polar surface area (TPSA) is 105 Å². The predicted molar refractivity (Wildman–Crippen MR) is 245 cm³/mol. The number of hydrogen-bond acceptors (Lipinski definition) is 10. The van der Waals surface area contributed by atoms with Crippen molar-refractivity contribution in [1.82, 2.24) is 45.0 Å². The average molecular weight is 804 g/mol. The maximum atomic E-state index is 4.51. The maximum Gasteiger partial charge on any atom is 0.113 e. The third kappa shape index (κ3) is 8.04. The molecule has 0 unspecified atom stereocenters. The molecular formula is C48H45N13. The molecule has 0 aliphatic heterocycles. The van der Waals surface area contributed by atoms with E-state index in [0.717, 1.165) is 85.0 Å². The third-order valence-electron chi connectivity index (χ3n) is 10.6. The van der Waals surface area contributed by atoms with Crippen molar-refractivity contribution in [2.45, 2.75) is 0 Å². The minimum Gasteiger partial charge on any atom is -0.378 e. The number of anilines is 6. The minimum atomic E-state index is 0.784. The van der Waals surface area contributed by atoms with Gasteiger partial charge in [-0.1, -0.05) is 52.0 Å². The van der Waals surface area contributed by atoms with Crippen molar-refractivity contribution in [3.63, 3.8) is 0 Å². The smallest absolute Gasteiger partial charge is 0.113 e. The van der Waals surface area contributed by atoms with Crippen LogP contribution in [0, 0.1) is 0 Å². The van der Waals surface area contributed by atoms with Crippen LogP contribution in [-0.2, 0) is 0 Å². The van der Waals surface area contributed by atoms with Gasteiger partial charge in [0.2, 0.25) is 0 Å². The van der Waals surface area contributed by atoms with Crippen LogP contribution in [0.3, 0.4) is 0 Å². The molecule has 0 atom stereocenters. The number of aromatic nitrogens is 9. The molecule has 13 heteroatoms. The molecule has 0 fully saturated rings. The zero-order valence-electron chi connectivity index (χ0n) is 34.9. The fourth-order valence-corrected chi connectivity index (χ4v) is 7.07. The first kappa shape index (κ1) is 38.5. The average Bonchev–Trinajstić information content (AvgIpc) is 4.10. The number of nitrogens with zero attached hydrogens (tertiary/aromatic N) is 13. The Morgan fingerprint density at radius 2 is 0.525 bits per heavy atom. The van der Waals surface area contributed by atoms with Crippen molar-refractivity contribution in [3.8, 4) is 50.8 Å². The third-order valence-corrected chi connectivity index (χ3v) is 10.6. The molecule has 9 rings (SSSR count). The van der Waals surface area contributed by atoms with E-state index in [1.165, 1.54) is 0 Å². The highest BCUT2D eigenvalue weighted by atomic mass is 15.4. The fraction of sp³-hybridized carbons (Fsp3) is 0.125. The Balaban J connectivity index is 1.00. The molecule has 0 aliphatic carbocycles. The van der Waals surface area contributed by atoms with Crippen molar-refractivity contribution in [2.75, 3.05) is 61.9 Å². The molecule has 0 N–H and O–H groups in total. The summed E-state index contributed by atoms with van der Waals surface area (Å²) in [6, 6.07) is 49.9. The van der Waals surface area contributed by atoms with Crippen LogP contribution in [0.1, 0.15) is 0 Å². The first-order chi connectivity index (χ1) is 29.7. The van der Waals surface area contributed by atoms with Gasteiger partial charge in [0.25, 0.3) is 0 Å². The van der Waals surface area contributed by atoms with E-state index in [9.17, 15) is 0 Å². The first-order valence-electron chi connectivity index (χ1n) is 19.9. The van der Waals surface area contributed by atoms with Gasteiger partial charge >= 0.3 is 0 Å². The molecule has 0 spiro atoms. The van der Waals surface area contributed by atoms with Gasteiger partial charge < -0.3 is 19.6 Å². The summed E-state index contributed by atoms with van der Waals surface area (Å²) < 4.78 is 5.41. The van der Waals surface area contributed by atoms with Crippen LogP contribution in [-0.4, -0.2) is 87.3 Å². The molecule has 0 bridgehead atoms. The number of benzene rings is 6. The van der Waals surface area contributed by atoms with Crippen LogP contribution in [0.5, 0.6) is 0 Å². The van der Waals surface area contributed by atoms with Gasteiger partial charge in [0.1, 0.15) is 17.1 Å². The van der Waals surface area contributed by atoms with E-state index in [2.05, 4.69) is 160 Å². The second-order valence-corrected chi connectivity index (χ2v) is 15.4. The zero-order valence-corrected chi connectivity index (χ0v) is 34.9. The minimum absolute atomic E-state index is 0.784. The molecule has 61 heavy (non-hydrogen) atoms. The lowest BCUT2D eigenvalue weighted by Crippen LogP contribution is -2.09. The van der Waals surface area contributed by atoms with E-state index >= 15 is 0 Å². The summed E-state index contributed by atoms with van der Waals surface area (Å²) in [4.78, 5) is 8.45. The Morgan fingerprint density at radius 3 is 0.754 bits per heavy atom. The van der Waals surface area contributed by atoms with Crippen molar-refractivity contribution >= 4 is 34.1 Å². The van der Waals surface area contributed by atoms with E-state index in [1.807, 2.05) is 97.3 Å². The van der Waals surface area contributed by atoms with E-state index < -0.39 is 0 Å². The second kappa shape index (κ2) is 16.3. The molecule has 3 aromatic heterocycles. The van der Waals surface area contributed by atoms with Crippen LogP contribution in [0.25, 0.3) is 50.8 Å². The molecule has 13 nitrogen and oxygen atoms in total. The Morgan fingerprint density at radius 1 is 0.295 bits per heavy atom. The highest BCUT2D eigenvalue weighted by Crippen LogP contribution is 2.37. The van der Waals surface area contributed by atoms with Gasteiger partial charge in [0.15, 0.2) is 0 Å². The summed E-state index contributed by atoms with van der Waals surface area (Å²) >= 11 is 0. The van der Waals surface area contributed by atoms with E-state index in [-0.39, 0.29) is 0 Å². The lowest BCUT2D eigenvalue weighted by atomic mass is 10.1. The number of hydrogen-bond donors (Lipinski definition) is 0. The SMILES string of the molecule is CN(C)c1ccc(-n2cc(-c3ccc(N(c4ccc(-c5cn(-c6ccc(N(C)C)cc6)nn5)cc4)c4ccc(-c5cn(-c6ccc(N(C)C)cc6)nn5)cc4)cc3)nn2)cc1. The maximum absolute atomic E-state index is 4.51. The fourth-order valence-electron chi connectivity index (χ4n) is 7.07. The summed E-state index contributed by atoms with van der Waals surface area (Å²) in [6.07, 6.45) is 5.87. The zero-order chi connectivity index (χ0) is 42.0. The molecule has 6 aromatic carbocycles. The van der Waals surface area contributed by atoms with Crippen LogP contribution in [0.2, 0.25) is 0 Å². The Hall–Kier alpha value is -8.06. The molecule has 0 radical (unpaired) electrons. The summed E-state index contributed by atoms with van der Waals surface area (Å²) in [5.41, 5.74) is 14.4. The predicted octanol–water partition coefficient (Wildman–Crippen LogP) is 9.10. The monoisotopic (exact) mass is 803 g/mol. The second-order valence-electron chi connectivity index (χ2n) is 15.4. The molecule has 0 saturated heterocycles. The molecular weight excluding hydrogens is 759 g/mol. The van der Waals surface area contributed by atoms with Gasteiger partial charge in [-0.2, -0.15) is 0 Å². The largest absolute Gasteiger partial charge is 0.378 e. The highest BCUT2D eigenvalue weighted by Gasteiger charge is 2.16. The quantitative estimate of drug-likeness (QED) is 0.119. The lowest BCUT2D eigenvalue weighted by Gasteiger charge is -2.26. The van der Waals surface area contributed by atoms with E-state index in [4.69, 9.17) is 0 Å². The lowest BCUT2D eigenvalue weighted by molar-refractivity contribution is 0.804. The van der Waals surface area contributed by atoms with Crippen LogP contribution in [0.4, 0.5) is 34.1 Å². The van der Waals surface area contributed by atoms with Gasteiger partial charge in [-0.05, 0) is 109 Å². The van der Waals surface area contributed by atoms with Crippen LogP contribution >= 0.6 is 0 Å². The summed E-state index contributed by atoms with van der Waals surface area (Å²) in [5.74, 6) is 0. The van der Waals surface area contributed by atoms with Gasteiger partial charge in [0, 0.05) is 93.1 Å². The Labute approximate surface area is 355 Å². The highest BCUT2D eigenvalue weighted by molar-refractivity contribution is 5.80. The molecule has 0 saturated carbocycles. The molecule has 302 valence electrons. The Kier molecular flexibility index (Phi) is 10.3. The molecule has 0 aliphatic rings. The summed E-state index contributed by atoms with van der Waals surface area (Å²) in [7, 11) is 12.2. The standard InChI is InChI=1S/C48H45N13/c1-55(2)37-19-25-40(26-20-37)58-31-46(49-52-58)34-7-13-43(14-8-34)61(44-15-9-35(10-16-44)47-32-59(53-50-47)41-27-21-38(22-28-41)56(3)4)45-17-11-36(12-18-45)48-33-60(54-51-48)42-29-23-39(24-30-42)57(5)6/h7-33H,1-6H3. The molecule has 3 heterocycles. The summed E-state index contributed by atoms with van der Waals surface area (Å²) in [6.45, 7) is 0. The van der Waals surface area contributed by atoms with E-state index in [0.29, 0.717) is 0 Å². The Bertz CT molecular complexity index is 2540. The number of rotatable bonds is 12. The van der Waals surface area contributed by atoms with Crippen LogP contribution < -0.4 is 19.6 Å². The molecule has 9 aromatic rings. The first-order valence-corrected chi connectivity index (χ1v) is 19.9. The van der Waals surface area contributed by atoms with Gasteiger partial charge in [-0.3, -0.25) is 0 Å². The van der Waals surface area contributed by atoms with Gasteiger partial charge in [0.05, 0.1) is 35.7 Å². The van der Waals surface area contributed by atoms with Crippen LogP contribution in [0.15, 0.2) is 164 Å². The normalized spacial score (nSPS) is 11.1. The van der Waals surface area contributed by atoms with Crippen molar-refractivity contribution in [1.29, 1.82) is 0 Å². The van der Waals surface area contributed by atoms with Gasteiger partial charge in [-0.25, -0.2) is 14.0 Å². The van der Waals surface area contributed by atoms with Crippen molar-refractivity contribution in [2.24, 2.45) is 0 Å². The van der Waals surface area contributed by atoms with Crippen molar-refractivity contribution in [3.05, 3.63) is 164 Å². The van der Waals surface area contributed by atoms with E-state index in [1.54, 1.807) is 14.0 Å².